The molecule has 16 heavy (non-hydrogen) atoms. The van der Waals surface area contributed by atoms with Gasteiger partial charge in [0.15, 0.2) is 0 Å². The van der Waals surface area contributed by atoms with Gasteiger partial charge in [0.05, 0.1) is 12.2 Å². The van der Waals surface area contributed by atoms with Gasteiger partial charge in [-0.25, -0.2) is 4.79 Å². The zero-order valence-electron chi connectivity index (χ0n) is 9.21. The molecule has 0 aromatic heterocycles. The van der Waals surface area contributed by atoms with E-state index >= 15 is 0 Å². The standard InChI is InChI=1S/C11H13BrN2O2/c1-7-5-10-9(6-8(7)12)14(3-4-16-10)11(15)13-2/h5-6H,3-4H2,1-2H3,(H,13,15). The third kappa shape index (κ3) is 1.87. The third-order valence-electron chi connectivity index (χ3n) is 2.56. The first-order chi connectivity index (χ1) is 7.63. The number of halogens is 1. The van der Waals surface area contributed by atoms with E-state index in [2.05, 4.69) is 21.2 Å². The number of aryl methyl sites for hydroxylation is 1. The molecule has 0 radical (unpaired) electrons. The maximum atomic E-state index is 11.7. The number of nitrogens with one attached hydrogen (secondary N) is 1. The van der Waals surface area contributed by atoms with Crippen LogP contribution >= 0.6 is 15.9 Å². The summed E-state index contributed by atoms with van der Waals surface area (Å²) in [6.45, 7) is 3.09. The van der Waals surface area contributed by atoms with Crippen LogP contribution in [-0.2, 0) is 0 Å². The quantitative estimate of drug-likeness (QED) is 0.794. The van der Waals surface area contributed by atoms with E-state index in [1.165, 1.54) is 0 Å². The Morgan fingerprint density at radius 3 is 3.00 bits per heavy atom. The molecule has 0 spiro atoms. The fraction of sp³-hybridized carbons (Fsp3) is 0.364. The van der Waals surface area contributed by atoms with Crippen LogP contribution in [0.15, 0.2) is 16.6 Å². The number of ether oxygens (including phenoxy) is 1. The minimum Gasteiger partial charge on any atom is -0.490 e. The molecule has 0 saturated carbocycles. The van der Waals surface area contributed by atoms with Crippen molar-refractivity contribution in [1.82, 2.24) is 5.32 Å². The van der Waals surface area contributed by atoms with E-state index in [9.17, 15) is 4.79 Å². The third-order valence-corrected chi connectivity index (χ3v) is 3.42. The molecule has 1 aromatic carbocycles. The molecular weight excluding hydrogens is 272 g/mol. The second-order valence-corrected chi connectivity index (χ2v) is 4.48. The van der Waals surface area contributed by atoms with Crippen molar-refractivity contribution in [3.63, 3.8) is 0 Å². The summed E-state index contributed by atoms with van der Waals surface area (Å²) in [7, 11) is 1.63. The number of benzene rings is 1. The molecule has 1 N–H and O–H groups in total. The van der Waals surface area contributed by atoms with Crippen molar-refractivity contribution in [2.75, 3.05) is 25.1 Å². The van der Waals surface area contributed by atoms with Crippen molar-refractivity contribution >= 4 is 27.6 Å². The smallest absolute Gasteiger partial charge is 0.321 e. The van der Waals surface area contributed by atoms with Gasteiger partial charge in [-0.3, -0.25) is 4.90 Å². The van der Waals surface area contributed by atoms with Crippen LogP contribution in [0, 0.1) is 6.92 Å². The topological polar surface area (TPSA) is 41.6 Å². The Morgan fingerprint density at radius 2 is 2.31 bits per heavy atom. The maximum absolute atomic E-state index is 11.7. The molecule has 1 aromatic rings. The lowest BCUT2D eigenvalue weighted by molar-refractivity contribution is 0.241. The van der Waals surface area contributed by atoms with Crippen LogP contribution in [0.25, 0.3) is 0 Å². The van der Waals surface area contributed by atoms with Gasteiger partial charge < -0.3 is 10.1 Å². The van der Waals surface area contributed by atoms with Crippen molar-refractivity contribution in [2.45, 2.75) is 6.92 Å². The number of fused-ring (bicyclic) bond motifs is 1. The molecule has 2 amide bonds. The largest absolute Gasteiger partial charge is 0.490 e. The van der Waals surface area contributed by atoms with E-state index in [0.717, 1.165) is 21.5 Å². The van der Waals surface area contributed by atoms with E-state index in [-0.39, 0.29) is 6.03 Å². The van der Waals surface area contributed by atoms with Gasteiger partial charge in [0, 0.05) is 11.5 Å². The fourth-order valence-corrected chi connectivity index (χ4v) is 2.02. The van der Waals surface area contributed by atoms with Crippen LogP contribution in [0.3, 0.4) is 0 Å². The minimum atomic E-state index is -0.111. The molecule has 1 aliphatic heterocycles. The van der Waals surface area contributed by atoms with E-state index in [1.807, 2.05) is 19.1 Å². The molecule has 0 atom stereocenters. The second-order valence-electron chi connectivity index (χ2n) is 3.62. The van der Waals surface area contributed by atoms with Gasteiger partial charge in [-0.1, -0.05) is 15.9 Å². The molecule has 5 heteroatoms. The summed E-state index contributed by atoms with van der Waals surface area (Å²) in [5.74, 6) is 0.760. The first kappa shape index (κ1) is 11.3. The SMILES string of the molecule is CNC(=O)N1CCOc2cc(C)c(Br)cc21. The Bertz CT molecular complexity index is 434. The Kier molecular flexibility index (Phi) is 3.05. The summed E-state index contributed by atoms with van der Waals surface area (Å²) in [6, 6.07) is 3.74. The molecule has 0 bridgehead atoms. The first-order valence-corrected chi connectivity index (χ1v) is 5.85. The molecule has 0 saturated heterocycles. The number of carbonyl (C=O) groups excluding carboxylic acids is 1. The van der Waals surface area contributed by atoms with Crippen LogP contribution < -0.4 is 15.0 Å². The number of nitrogens with zero attached hydrogens (tertiary/aromatic N) is 1. The zero-order chi connectivity index (χ0) is 11.7. The monoisotopic (exact) mass is 284 g/mol. The van der Waals surface area contributed by atoms with Gasteiger partial charge in [-0.2, -0.15) is 0 Å². The van der Waals surface area contributed by atoms with Crippen molar-refractivity contribution in [2.24, 2.45) is 0 Å². The van der Waals surface area contributed by atoms with Gasteiger partial charge in [-0.05, 0) is 24.6 Å². The van der Waals surface area contributed by atoms with E-state index in [4.69, 9.17) is 4.74 Å². The molecule has 0 fully saturated rings. The van der Waals surface area contributed by atoms with Crippen LogP contribution in [0.1, 0.15) is 5.56 Å². The highest BCUT2D eigenvalue weighted by Gasteiger charge is 2.23. The average Bonchev–Trinajstić information content (AvgIpc) is 2.29. The van der Waals surface area contributed by atoms with Crippen molar-refractivity contribution < 1.29 is 9.53 Å². The summed E-state index contributed by atoms with van der Waals surface area (Å²) in [4.78, 5) is 13.4. The number of anilines is 1. The van der Waals surface area contributed by atoms with E-state index in [1.54, 1.807) is 11.9 Å². The van der Waals surface area contributed by atoms with Crippen LogP contribution in [0.5, 0.6) is 5.75 Å². The number of urea groups is 1. The molecule has 1 aliphatic rings. The lowest BCUT2D eigenvalue weighted by atomic mass is 10.2. The highest BCUT2D eigenvalue weighted by molar-refractivity contribution is 9.10. The lowest BCUT2D eigenvalue weighted by Crippen LogP contribution is -2.43. The lowest BCUT2D eigenvalue weighted by Gasteiger charge is -2.29. The first-order valence-electron chi connectivity index (χ1n) is 5.05. The highest BCUT2D eigenvalue weighted by Crippen LogP contribution is 2.36. The Morgan fingerprint density at radius 1 is 1.56 bits per heavy atom. The summed E-state index contributed by atoms with van der Waals surface area (Å²) < 4.78 is 6.52. The van der Waals surface area contributed by atoms with E-state index in [0.29, 0.717) is 13.2 Å². The van der Waals surface area contributed by atoms with Gasteiger partial charge in [0.1, 0.15) is 12.4 Å². The summed E-state index contributed by atoms with van der Waals surface area (Å²) in [6.07, 6.45) is 0. The second kappa shape index (κ2) is 4.33. The molecule has 0 unspecified atom stereocenters. The Labute approximate surface area is 103 Å². The van der Waals surface area contributed by atoms with Gasteiger partial charge in [-0.15, -0.1) is 0 Å². The van der Waals surface area contributed by atoms with Gasteiger partial charge in [0.2, 0.25) is 0 Å². The molecule has 2 rings (SSSR count). The van der Waals surface area contributed by atoms with Crippen LogP contribution in [0.4, 0.5) is 10.5 Å². The molecule has 86 valence electrons. The molecule has 4 nitrogen and oxygen atoms in total. The number of amides is 2. The zero-order valence-corrected chi connectivity index (χ0v) is 10.8. The van der Waals surface area contributed by atoms with Crippen LogP contribution in [0.2, 0.25) is 0 Å². The predicted molar refractivity (Wildman–Crippen MR) is 66.2 cm³/mol. The molecule has 1 heterocycles. The number of hydrogen-bond donors (Lipinski definition) is 1. The molecule has 0 aliphatic carbocycles. The molecular formula is C11H13BrN2O2. The number of carbonyl (C=O) groups is 1. The summed E-state index contributed by atoms with van der Waals surface area (Å²) in [5, 5.41) is 2.63. The maximum Gasteiger partial charge on any atom is 0.321 e. The summed E-state index contributed by atoms with van der Waals surface area (Å²) >= 11 is 3.46. The predicted octanol–water partition coefficient (Wildman–Crippen LogP) is 2.30. The normalized spacial score (nSPS) is 14.1. The highest BCUT2D eigenvalue weighted by atomic mass is 79.9. The van der Waals surface area contributed by atoms with Crippen LogP contribution in [-0.4, -0.2) is 26.2 Å². The van der Waals surface area contributed by atoms with Crippen molar-refractivity contribution in [3.05, 3.63) is 22.2 Å². The van der Waals surface area contributed by atoms with Gasteiger partial charge >= 0.3 is 6.03 Å². The Balaban J connectivity index is 2.45. The average molecular weight is 285 g/mol. The Hall–Kier alpha value is -1.23. The van der Waals surface area contributed by atoms with Gasteiger partial charge in [0.25, 0.3) is 0 Å². The summed E-state index contributed by atoms with van der Waals surface area (Å²) in [5.41, 5.74) is 1.90. The minimum absolute atomic E-state index is 0.111. The fourth-order valence-electron chi connectivity index (χ4n) is 1.68. The van der Waals surface area contributed by atoms with Crippen molar-refractivity contribution in [1.29, 1.82) is 0 Å². The number of rotatable bonds is 0. The van der Waals surface area contributed by atoms with Crippen molar-refractivity contribution in [3.8, 4) is 5.75 Å². The number of hydrogen-bond acceptors (Lipinski definition) is 2. The van der Waals surface area contributed by atoms with E-state index < -0.39 is 0 Å².